The van der Waals surface area contributed by atoms with E-state index in [9.17, 15) is 30.4 Å². The lowest BCUT2D eigenvalue weighted by molar-refractivity contribution is 0.184. The summed E-state index contributed by atoms with van der Waals surface area (Å²) in [5.41, 5.74) is 2.22. The minimum absolute atomic E-state index is 0.0528. The van der Waals surface area contributed by atoms with Gasteiger partial charge in [-0.1, -0.05) is 52.0 Å². The molecule has 0 bridgehead atoms. The van der Waals surface area contributed by atoms with E-state index in [0.29, 0.717) is 0 Å². The summed E-state index contributed by atoms with van der Waals surface area (Å²) in [4.78, 5) is 0.0253. The normalized spacial score (nSPS) is 19.2. The molecule has 0 spiro atoms. The Morgan fingerprint density at radius 2 is 1.23 bits per heavy atom. The third kappa shape index (κ3) is 6.35. The molecule has 0 saturated carbocycles. The first-order valence-corrected chi connectivity index (χ1v) is 17.6. The summed E-state index contributed by atoms with van der Waals surface area (Å²) in [6.45, 7) is 7.97. The van der Waals surface area contributed by atoms with Crippen LogP contribution in [0.15, 0.2) is 82.6 Å². The van der Waals surface area contributed by atoms with Gasteiger partial charge in [-0.3, -0.25) is 9.03 Å². The molecular formula is C28H34N2O7S3. The average molecular weight is 607 g/mol. The lowest BCUT2D eigenvalue weighted by atomic mass is 10.0. The lowest BCUT2D eigenvalue weighted by Crippen LogP contribution is -2.47. The van der Waals surface area contributed by atoms with Crippen molar-refractivity contribution in [2.24, 2.45) is 0 Å². The van der Waals surface area contributed by atoms with Crippen molar-refractivity contribution >= 4 is 41.3 Å². The molecule has 2 atom stereocenters. The number of nitrogens with one attached hydrogen (secondary N) is 1. The van der Waals surface area contributed by atoms with Crippen LogP contribution in [0, 0.1) is 0 Å². The molecule has 0 aliphatic carbocycles. The summed E-state index contributed by atoms with van der Waals surface area (Å²) >= 11 is 0. The van der Waals surface area contributed by atoms with Gasteiger partial charge in [0, 0.05) is 5.69 Å². The molecule has 3 aromatic carbocycles. The van der Waals surface area contributed by atoms with E-state index in [1.54, 1.807) is 24.3 Å². The smallest absolute Gasteiger partial charge is 0.264 e. The van der Waals surface area contributed by atoms with E-state index in [-0.39, 0.29) is 33.0 Å². The van der Waals surface area contributed by atoms with Gasteiger partial charge in [0.05, 0.1) is 39.1 Å². The van der Waals surface area contributed by atoms with Crippen LogP contribution >= 0.6 is 0 Å². The van der Waals surface area contributed by atoms with Crippen LogP contribution in [0.3, 0.4) is 0 Å². The molecule has 9 nitrogen and oxygen atoms in total. The highest BCUT2D eigenvalue weighted by atomic mass is 32.2. The number of anilines is 2. The molecule has 1 aliphatic rings. The van der Waals surface area contributed by atoms with Gasteiger partial charge in [0.2, 0.25) is 0 Å². The first-order chi connectivity index (χ1) is 18.6. The Morgan fingerprint density at radius 1 is 0.750 bits per heavy atom. The Balaban J connectivity index is 1.68. The highest BCUT2D eigenvalue weighted by Crippen LogP contribution is 2.33. The number of sulfone groups is 1. The van der Waals surface area contributed by atoms with Crippen LogP contribution in [0.25, 0.3) is 0 Å². The molecule has 1 aliphatic heterocycles. The van der Waals surface area contributed by atoms with Crippen molar-refractivity contribution in [1.82, 2.24) is 0 Å². The number of aliphatic hydroxyl groups is 1. The molecule has 4 rings (SSSR count). The summed E-state index contributed by atoms with van der Waals surface area (Å²) < 4.78 is 81.6. The van der Waals surface area contributed by atoms with Crippen molar-refractivity contribution < 1.29 is 30.4 Å². The fourth-order valence-corrected chi connectivity index (χ4v) is 9.20. The second-order valence-corrected chi connectivity index (χ2v) is 16.3. The van der Waals surface area contributed by atoms with Crippen LogP contribution in [0.1, 0.15) is 50.7 Å². The fraction of sp³-hybridized carbons (Fsp3) is 0.357. The van der Waals surface area contributed by atoms with Gasteiger partial charge in [0.15, 0.2) is 9.84 Å². The summed E-state index contributed by atoms with van der Waals surface area (Å²) in [6, 6.07) is 17.2. The molecule has 40 heavy (non-hydrogen) atoms. The molecule has 3 aromatic rings. The molecule has 0 unspecified atom stereocenters. The Morgan fingerprint density at radius 3 is 1.65 bits per heavy atom. The monoisotopic (exact) mass is 606 g/mol. The second kappa shape index (κ2) is 11.2. The Kier molecular flexibility index (Phi) is 8.38. The predicted octanol–water partition coefficient (Wildman–Crippen LogP) is 4.09. The van der Waals surface area contributed by atoms with Crippen LogP contribution < -0.4 is 9.03 Å². The molecular weight excluding hydrogens is 573 g/mol. The van der Waals surface area contributed by atoms with Crippen molar-refractivity contribution in [3.05, 3.63) is 83.9 Å². The lowest BCUT2D eigenvalue weighted by Gasteiger charge is -2.31. The maximum Gasteiger partial charge on any atom is 0.264 e. The van der Waals surface area contributed by atoms with Crippen LogP contribution in [0.4, 0.5) is 11.4 Å². The third-order valence-corrected chi connectivity index (χ3v) is 11.9. The van der Waals surface area contributed by atoms with Gasteiger partial charge in [-0.15, -0.1) is 0 Å². The molecule has 0 aromatic heterocycles. The Hall–Kier alpha value is -2.93. The third-order valence-electron chi connectivity index (χ3n) is 6.93. The first kappa shape index (κ1) is 30.0. The van der Waals surface area contributed by atoms with E-state index in [0.717, 1.165) is 15.4 Å². The minimum atomic E-state index is -4.30. The van der Waals surface area contributed by atoms with Gasteiger partial charge in [-0.25, -0.2) is 25.3 Å². The highest BCUT2D eigenvalue weighted by molar-refractivity contribution is 7.93. The minimum Gasteiger partial charge on any atom is -0.390 e. The van der Waals surface area contributed by atoms with E-state index in [1.807, 2.05) is 27.7 Å². The van der Waals surface area contributed by atoms with Crippen molar-refractivity contribution in [2.75, 3.05) is 20.5 Å². The summed E-state index contributed by atoms with van der Waals surface area (Å²) in [7, 11) is -11.9. The molecule has 216 valence electrons. The molecule has 1 heterocycles. The summed E-state index contributed by atoms with van der Waals surface area (Å²) in [5, 5.41) is 10.6. The topological polar surface area (TPSA) is 138 Å². The van der Waals surface area contributed by atoms with Gasteiger partial charge < -0.3 is 5.11 Å². The highest BCUT2D eigenvalue weighted by Gasteiger charge is 2.45. The Bertz CT molecular complexity index is 1670. The van der Waals surface area contributed by atoms with Crippen molar-refractivity contribution in [1.29, 1.82) is 0 Å². The van der Waals surface area contributed by atoms with E-state index >= 15 is 0 Å². The number of aliphatic hydroxyl groups excluding tert-OH is 1. The van der Waals surface area contributed by atoms with Crippen LogP contribution in [0.2, 0.25) is 0 Å². The zero-order chi connectivity index (χ0) is 29.5. The van der Waals surface area contributed by atoms with Crippen LogP contribution in [-0.4, -0.2) is 54.0 Å². The van der Waals surface area contributed by atoms with Gasteiger partial charge in [0.25, 0.3) is 20.0 Å². The number of benzene rings is 3. The molecule has 0 amide bonds. The Labute approximate surface area is 236 Å². The number of hydrogen-bond acceptors (Lipinski definition) is 7. The van der Waals surface area contributed by atoms with Gasteiger partial charge in [0.1, 0.15) is 0 Å². The van der Waals surface area contributed by atoms with E-state index < -0.39 is 53.5 Å². The average Bonchev–Trinajstić information content (AvgIpc) is 3.16. The molecule has 1 fully saturated rings. The number of rotatable bonds is 9. The first-order valence-electron chi connectivity index (χ1n) is 12.9. The van der Waals surface area contributed by atoms with Gasteiger partial charge in [-0.2, -0.15) is 0 Å². The van der Waals surface area contributed by atoms with Crippen LogP contribution in [-0.2, 0) is 29.9 Å². The van der Waals surface area contributed by atoms with Crippen molar-refractivity contribution in [3.63, 3.8) is 0 Å². The number of hydrogen-bond donors (Lipinski definition) is 2. The largest absolute Gasteiger partial charge is 0.390 e. The maximum atomic E-state index is 13.8. The SMILES string of the molecule is CC(C)c1ccc(S(=O)(=O)Nc2ccc(N([C@H]3CS(=O)(=O)C[C@H]3O)S(=O)(=O)c3ccc(C(C)C)cc3)cc2)cc1. The second-order valence-electron chi connectivity index (χ2n) is 10.6. The summed E-state index contributed by atoms with van der Waals surface area (Å²) in [6.07, 6.45) is -1.43. The van der Waals surface area contributed by atoms with E-state index in [4.69, 9.17) is 0 Å². The van der Waals surface area contributed by atoms with Gasteiger partial charge in [-0.05, 0) is 71.5 Å². The van der Waals surface area contributed by atoms with Crippen LogP contribution in [0.5, 0.6) is 0 Å². The van der Waals surface area contributed by atoms with Crippen molar-refractivity contribution in [2.45, 2.75) is 61.5 Å². The standard InChI is InChI=1S/C28H34N2O7S3/c1-19(2)21-5-13-25(14-6-21)39(34,35)29-23-9-11-24(12-10-23)30(27-17-38(32,33)18-28(27)31)40(36,37)26-15-7-22(8-16-26)20(3)4/h5-16,19-20,27-29,31H,17-18H2,1-4H3/t27-,28+/m0/s1. The zero-order valence-corrected chi connectivity index (χ0v) is 25.2. The quantitative estimate of drug-likeness (QED) is 0.374. The number of nitrogens with zero attached hydrogens (tertiary/aromatic N) is 1. The fourth-order valence-electron chi connectivity index (χ4n) is 4.60. The van der Waals surface area contributed by atoms with Gasteiger partial charge >= 0.3 is 0 Å². The maximum absolute atomic E-state index is 13.8. The van der Waals surface area contributed by atoms with Crippen molar-refractivity contribution in [3.8, 4) is 0 Å². The molecule has 1 saturated heterocycles. The predicted molar refractivity (Wildman–Crippen MR) is 156 cm³/mol. The molecule has 0 radical (unpaired) electrons. The zero-order valence-electron chi connectivity index (χ0n) is 22.7. The van der Waals surface area contributed by atoms with E-state index in [1.165, 1.54) is 48.5 Å². The molecule has 2 N–H and O–H groups in total. The van der Waals surface area contributed by atoms with E-state index in [2.05, 4.69) is 4.72 Å². The molecule has 12 heteroatoms. The summed E-state index contributed by atoms with van der Waals surface area (Å²) in [5.74, 6) is -0.668. The number of sulfonamides is 2.